The fourth-order valence-electron chi connectivity index (χ4n) is 8.25. The first-order valence-electron chi connectivity index (χ1n) is 25.1. The quantitative estimate of drug-likeness (QED) is 0.0568. The third-order valence-corrected chi connectivity index (χ3v) is 17.1. The number of hydrogen-bond acceptors (Lipinski definition) is 7. The summed E-state index contributed by atoms with van der Waals surface area (Å²) in [5.41, 5.74) is 5.27. The molecule has 0 bridgehead atoms. The van der Waals surface area contributed by atoms with Crippen LogP contribution in [0.15, 0.2) is 109 Å². The van der Waals surface area contributed by atoms with E-state index in [9.17, 15) is 19.8 Å². The average Bonchev–Trinajstić information content (AvgIpc) is 3.76. The van der Waals surface area contributed by atoms with Crippen LogP contribution in [0.3, 0.4) is 0 Å². The van der Waals surface area contributed by atoms with E-state index in [0.717, 1.165) is 84.7 Å². The number of aromatic nitrogens is 2. The van der Waals surface area contributed by atoms with Gasteiger partial charge in [0.25, 0.3) is 0 Å². The molecule has 7 aromatic rings. The van der Waals surface area contributed by atoms with E-state index in [-0.39, 0.29) is 86.9 Å². The summed E-state index contributed by atoms with van der Waals surface area (Å²) in [5, 5.41) is 27.4. The molecule has 0 spiro atoms. The van der Waals surface area contributed by atoms with Gasteiger partial charge in [-0.1, -0.05) is 152 Å². The number of ketones is 2. The van der Waals surface area contributed by atoms with Crippen molar-refractivity contribution in [3.63, 3.8) is 0 Å². The number of aliphatic hydroxyl groups is 2. The SMILES string of the molecule is CCC(C)(CC)C(=O)/C=C(\O)C(C)(CC)CC.CCC(C)(CC)C(=O)/C=C(\O)C(C)(CC)CC.Cc1ccc2cnc(-c3[c-]ccc4c3sc3c(-c5cc6cc(C)ccc6cn5)[c-]ccc34)cc2c1.[Pt].[Pt]. The van der Waals surface area contributed by atoms with Crippen molar-refractivity contribution in [1.29, 1.82) is 0 Å². The summed E-state index contributed by atoms with van der Waals surface area (Å²) in [4.78, 5) is 34.0. The van der Waals surface area contributed by atoms with Crippen molar-refractivity contribution in [3.8, 4) is 22.5 Å². The van der Waals surface area contributed by atoms with Crippen molar-refractivity contribution in [2.75, 3.05) is 0 Å². The first-order chi connectivity index (χ1) is 32.7. The Morgan fingerprint density at radius 1 is 0.507 bits per heavy atom. The largest absolute Gasteiger partial charge is 0.512 e. The normalized spacial score (nSPS) is 12.4. The van der Waals surface area contributed by atoms with E-state index in [0.29, 0.717) is 0 Å². The molecule has 6 nitrogen and oxygen atoms in total. The monoisotopic (exact) mass is 1330 g/mol. The molecule has 9 heteroatoms. The van der Waals surface area contributed by atoms with Crippen LogP contribution in [-0.2, 0) is 51.7 Å². The van der Waals surface area contributed by atoms with Crippen LogP contribution in [0.1, 0.15) is 146 Å². The number of nitrogens with zero attached hydrogens (tertiary/aromatic N) is 2. The Morgan fingerprint density at radius 3 is 1.14 bits per heavy atom. The van der Waals surface area contributed by atoms with Gasteiger partial charge in [-0.05, 0) is 98.1 Å². The summed E-state index contributed by atoms with van der Waals surface area (Å²) < 4.78 is 2.39. The predicted molar refractivity (Wildman–Crippen MR) is 294 cm³/mol. The minimum absolute atomic E-state index is 0. The van der Waals surface area contributed by atoms with Gasteiger partial charge in [-0.2, -0.15) is 0 Å². The Kier molecular flexibility index (Phi) is 22.4. The fourth-order valence-corrected chi connectivity index (χ4v) is 9.56. The zero-order chi connectivity index (χ0) is 50.9. The number of fused-ring (bicyclic) bond motifs is 5. The number of allylic oxidation sites excluding steroid dienone is 4. The molecule has 0 fully saturated rings. The summed E-state index contributed by atoms with van der Waals surface area (Å²) >= 11 is 1.78. The zero-order valence-electron chi connectivity index (χ0n) is 44.5. The van der Waals surface area contributed by atoms with Crippen LogP contribution >= 0.6 is 11.3 Å². The average molecular weight is 1340 g/mol. The molecule has 0 saturated heterocycles. The number of carbonyl (C=O) groups is 2. The second-order valence-electron chi connectivity index (χ2n) is 20.0. The topological polar surface area (TPSA) is 100 Å². The van der Waals surface area contributed by atoms with Gasteiger partial charge in [0.2, 0.25) is 0 Å². The van der Waals surface area contributed by atoms with Gasteiger partial charge in [0.1, 0.15) is 11.5 Å². The van der Waals surface area contributed by atoms with Crippen molar-refractivity contribution in [2.45, 2.75) is 148 Å². The van der Waals surface area contributed by atoms with Crippen molar-refractivity contribution < 1.29 is 61.9 Å². The third kappa shape index (κ3) is 13.7. The second kappa shape index (κ2) is 26.1. The number of aliphatic hydroxyl groups excluding tert-OH is 2. The van der Waals surface area contributed by atoms with Gasteiger partial charge in [-0.25, -0.2) is 11.3 Å². The van der Waals surface area contributed by atoms with Gasteiger partial charge in [0.15, 0.2) is 11.6 Å². The smallest absolute Gasteiger partial charge is 0.164 e. The van der Waals surface area contributed by atoms with Crippen molar-refractivity contribution in [3.05, 3.63) is 132 Å². The minimum atomic E-state index is -0.337. The van der Waals surface area contributed by atoms with Crippen LogP contribution in [0.4, 0.5) is 0 Å². The molecule has 3 aromatic heterocycles. The molecule has 0 radical (unpaired) electrons. The number of rotatable bonds is 16. The Balaban J connectivity index is 0.000000316. The standard InChI is InChI=1S/C32H20N2S.2C15H28O2.2Pt/c1-19-9-11-21-17-33-29(15-23(21)13-19)27-7-3-5-25-26-6-4-8-28(32(26)35-31(25)27)30-16-24-14-20(2)10-12-22(24)18-34-30;2*1-7-14(5,8-2)12(16)11-13(17)15(6,9-3)10-4;;/h3-6,9-18H,1-2H3;2*11,16H,7-10H2,1-6H3;;/q-2;;;;/b;2*12-11-;;. The van der Waals surface area contributed by atoms with Crippen molar-refractivity contribution in [1.82, 2.24) is 9.97 Å². The first-order valence-corrected chi connectivity index (χ1v) is 26.0. The number of pyridine rings is 2. The molecule has 4 aromatic carbocycles. The summed E-state index contributed by atoms with van der Waals surface area (Å²) in [6.45, 7) is 28.4. The zero-order valence-corrected chi connectivity index (χ0v) is 49.9. The van der Waals surface area contributed by atoms with E-state index >= 15 is 0 Å². The van der Waals surface area contributed by atoms with Crippen LogP contribution in [0.2, 0.25) is 0 Å². The maximum absolute atomic E-state index is 12.2. The Labute approximate surface area is 457 Å². The van der Waals surface area contributed by atoms with E-state index < -0.39 is 0 Å². The van der Waals surface area contributed by atoms with Crippen LogP contribution in [0.5, 0.6) is 0 Å². The number of benzene rings is 4. The molecule has 0 amide bonds. The number of carbonyl (C=O) groups excluding carboxylic acids is 2. The molecule has 0 aliphatic rings. The van der Waals surface area contributed by atoms with Gasteiger partial charge in [-0.3, -0.25) is 9.59 Å². The number of hydrogen-bond donors (Lipinski definition) is 2. The molecule has 0 atom stereocenters. The van der Waals surface area contributed by atoms with E-state index in [4.69, 9.17) is 9.97 Å². The summed E-state index contributed by atoms with van der Waals surface area (Å²) in [7, 11) is 0. The Hall–Kier alpha value is -4.28. The van der Waals surface area contributed by atoms with Gasteiger partial charge < -0.3 is 20.2 Å². The summed E-state index contributed by atoms with van der Waals surface area (Å²) in [5.74, 6) is 0.572. The molecular weight excluding hydrogens is 1260 g/mol. The maximum Gasteiger partial charge on any atom is 0.164 e. The maximum atomic E-state index is 12.2. The van der Waals surface area contributed by atoms with Gasteiger partial charge in [-0.15, -0.1) is 58.3 Å². The molecule has 0 unspecified atom stereocenters. The molecule has 7 rings (SSSR count). The van der Waals surface area contributed by atoms with Gasteiger partial charge in [0.05, 0.1) is 0 Å². The molecule has 386 valence electrons. The van der Waals surface area contributed by atoms with Crippen LogP contribution in [0, 0.1) is 47.6 Å². The molecule has 0 aliphatic heterocycles. The van der Waals surface area contributed by atoms with E-state index in [2.05, 4.69) is 86.6 Å². The molecule has 0 saturated carbocycles. The fraction of sp³-hybridized carbons (Fsp3) is 0.419. The molecule has 0 aliphatic carbocycles. The van der Waals surface area contributed by atoms with Crippen LogP contribution < -0.4 is 0 Å². The number of aryl methyl sites for hydroxylation is 2. The van der Waals surface area contributed by atoms with Crippen LogP contribution in [-0.4, -0.2) is 31.7 Å². The minimum Gasteiger partial charge on any atom is -0.512 e. The third-order valence-electron chi connectivity index (χ3n) is 15.9. The number of thiophene rings is 1. The van der Waals surface area contributed by atoms with E-state index in [1.165, 1.54) is 54.2 Å². The van der Waals surface area contributed by atoms with Crippen LogP contribution in [0.25, 0.3) is 64.2 Å². The first kappa shape index (κ1) is 61.0. The second-order valence-corrected chi connectivity index (χ2v) is 21.0. The Morgan fingerprint density at radius 2 is 0.831 bits per heavy atom. The van der Waals surface area contributed by atoms with Crippen molar-refractivity contribution in [2.24, 2.45) is 21.7 Å². The predicted octanol–water partition coefficient (Wildman–Crippen LogP) is 18.0. The van der Waals surface area contributed by atoms with Gasteiger partial charge >= 0.3 is 0 Å². The summed E-state index contributed by atoms with van der Waals surface area (Å²) in [6.07, 6.45) is 13.4. The molecule has 71 heavy (non-hydrogen) atoms. The van der Waals surface area contributed by atoms with E-state index in [1.807, 2.05) is 108 Å². The molecular formula is C62H76N2O4Pt2S-2. The molecule has 3 heterocycles. The molecule has 2 N–H and O–H groups in total. The summed E-state index contributed by atoms with van der Waals surface area (Å²) in [6, 6.07) is 32.6. The Bertz CT molecular complexity index is 2790. The van der Waals surface area contributed by atoms with Gasteiger partial charge in [0, 0.05) is 88.3 Å². The van der Waals surface area contributed by atoms with E-state index in [1.54, 1.807) is 11.3 Å². The van der Waals surface area contributed by atoms with Crippen molar-refractivity contribution >= 4 is 64.6 Å².